The summed E-state index contributed by atoms with van der Waals surface area (Å²) >= 11 is 13.3. The molecular formula is C18H14Cl2N2O3S. The average molecular weight is 409 g/mol. The molecule has 0 saturated heterocycles. The fourth-order valence-electron chi connectivity index (χ4n) is 2.23. The summed E-state index contributed by atoms with van der Waals surface area (Å²) in [5.74, 6) is -0.803. The second kappa shape index (κ2) is 7.61. The van der Waals surface area contributed by atoms with E-state index in [-0.39, 0.29) is 16.7 Å². The predicted octanol–water partition coefficient (Wildman–Crippen LogP) is 5.42. The summed E-state index contributed by atoms with van der Waals surface area (Å²) in [6.07, 6.45) is -0.197. The molecule has 1 heterocycles. The van der Waals surface area contributed by atoms with Crippen molar-refractivity contribution in [1.82, 2.24) is 4.98 Å². The number of anilines is 1. The van der Waals surface area contributed by atoms with Crippen LogP contribution in [-0.4, -0.2) is 23.0 Å². The van der Waals surface area contributed by atoms with Gasteiger partial charge in [0.05, 0.1) is 37.5 Å². The van der Waals surface area contributed by atoms with Crippen molar-refractivity contribution in [2.24, 2.45) is 0 Å². The molecule has 5 nitrogen and oxygen atoms in total. The molecule has 2 aromatic carbocycles. The van der Waals surface area contributed by atoms with Gasteiger partial charge in [-0.05, 0) is 44.2 Å². The summed E-state index contributed by atoms with van der Waals surface area (Å²) in [7, 11) is 0. The van der Waals surface area contributed by atoms with Gasteiger partial charge >= 0.3 is 5.97 Å². The Hall–Kier alpha value is -2.15. The number of nitrogens with zero attached hydrogens (tertiary/aromatic N) is 1. The molecule has 0 aliphatic rings. The van der Waals surface area contributed by atoms with Gasteiger partial charge in [0.1, 0.15) is 0 Å². The van der Waals surface area contributed by atoms with E-state index in [1.807, 2.05) is 0 Å². The lowest BCUT2D eigenvalue weighted by Gasteiger charge is -2.07. The van der Waals surface area contributed by atoms with Crippen LogP contribution >= 0.6 is 34.5 Å². The minimum Gasteiger partial charge on any atom is -0.459 e. The molecule has 0 spiro atoms. The van der Waals surface area contributed by atoms with E-state index in [1.165, 1.54) is 11.3 Å². The van der Waals surface area contributed by atoms with E-state index in [0.717, 1.165) is 4.70 Å². The van der Waals surface area contributed by atoms with Crippen LogP contribution in [-0.2, 0) is 4.74 Å². The zero-order valence-corrected chi connectivity index (χ0v) is 16.2. The molecule has 1 amide bonds. The van der Waals surface area contributed by atoms with E-state index < -0.39 is 11.9 Å². The highest BCUT2D eigenvalue weighted by molar-refractivity contribution is 7.22. The number of carbonyl (C=O) groups excluding carboxylic acids is 2. The molecule has 134 valence electrons. The van der Waals surface area contributed by atoms with E-state index in [4.69, 9.17) is 27.9 Å². The first kappa shape index (κ1) is 18.6. The van der Waals surface area contributed by atoms with Gasteiger partial charge in [0.2, 0.25) is 0 Å². The predicted molar refractivity (Wildman–Crippen MR) is 105 cm³/mol. The van der Waals surface area contributed by atoms with E-state index in [9.17, 15) is 9.59 Å². The third-order valence-corrected chi connectivity index (χ3v) is 5.14. The third kappa shape index (κ3) is 3.98. The molecule has 1 aromatic heterocycles. The molecule has 0 saturated carbocycles. The third-order valence-electron chi connectivity index (χ3n) is 3.38. The van der Waals surface area contributed by atoms with E-state index in [2.05, 4.69) is 10.3 Å². The minimum absolute atomic E-state index is 0.187. The number of fused-ring (bicyclic) bond motifs is 1. The molecule has 0 radical (unpaired) electrons. The van der Waals surface area contributed by atoms with Crippen LogP contribution in [0.2, 0.25) is 10.0 Å². The summed E-state index contributed by atoms with van der Waals surface area (Å²) in [5, 5.41) is 3.59. The topological polar surface area (TPSA) is 68.3 Å². The number of hydrogen-bond donors (Lipinski definition) is 1. The lowest BCUT2D eigenvalue weighted by atomic mass is 10.2. The zero-order chi connectivity index (χ0) is 18.8. The van der Waals surface area contributed by atoms with Crippen LogP contribution in [0.1, 0.15) is 34.6 Å². The standard InChI is InChI=1S/C18H14Cl2N2O3S/c1-9(2)25-17(24)10-6-7-13-14(8-10)26-18(21-13)22-16(23)11-4-3-5-12(19)15(11)20/h3-9H,1-2H3,(H,21,22,23). The molecule has 0 aliphatic carbocycles. The van der Waals surface area contributed by atoms with Crippen LogP contribution in [0.15, 0.2) is 36.4 Å². The lowest BCUT2D eigenvalue weighted by molar-refractivity contribution is 0.0378. The second-order valence-corrected chi connectivity index (χ2v) is 7.53. The fraction of sp³-hybridized carbons (Fsp3) is 0.167. The Bertz CT molecular complexity index is 1000. The van der Waals surface area contributed by atoms with Crippen LogP contribution in [0.4, 0.5) is 5.13 Å². The van der Waals surface area contributed by atoms with Crippen LogP contribution in [0.5, 0.6) is 0 Å². The van der Waals surface area contributed by atoms with Gasteiger partial charge < -0.3 is 4.74 Å². The highest BCUT2D eigenvalue weighted by Gasteiger charge is 2.16. The fourth-order valence-corrected chi connectivity index (χ4v) is 3.52. The Labute approximate surface area is 163 Å². The highest BCUT2D eigenvalue weighted by Crippen LogP contribution is 2.29. The number of hydrogen-bond acceptors (Lipinski definition) is 5. The van der Waals surface area contributed by atoms with Gasteiger partial charge in [0.15, 0.2) is 5.13 Å². The summed E-state index contributed by atoms with van der Waals surface area (Å²) in [6.45, 7) is 3.58. The Morgan fingerprint density at radius 3 is 2.69 bits per heavy atom. The molecule has 0 atom stereocenters. The second-order valence-electron chi connectivity index (χ2n) is 5.71. The van der Waals surface area contributed by atoms with Gasteiger partial charge in [0.25, 0.3) is 5.91 Å². The van der Waals surface area contributed by atoms with E-state index in [0.29, 0.717) is 21.2 Å². The summed E-state index contributed by atoms with van der Waals surface area (Å²) in [5.41, 5.74) is 1.37. The Morgan fingerprint density at radius 1 is 1.19 bits per heavy atom. The largest absolute Gasteiger partial charge is 0.459 e. The van der Waals surface area contributed by atoms with Crippen molar-refractivity contribution in [2.45, 2.75) is 20.0 Å². The SMILES string of the molecule is CC(C)OC(=O)c1ccc2nc(NC(=O)c3cccc(Cl)c3Cl)sc2c1. The molecule has 1 N–H and O–H groups in total. The first-order chi connectivity index (χ1) is 12.3. The number of halogens is 2. The molecular weight excluding hydrogens is 395 g/mol. The molecule has 0 unspecified atom stereocenters. The number of benzene rings is 2. The maximum atomic E-state index is 12.4. The maximum absolute atomic E-state index is 12.4. The van der Waals surface area contributed by atoms with Gasteiger partial charge in [-0.1, -0.05) is 40.6 Å². The van der Waals surface area contributed by atoms with Crippen LogP contribution in [0.3, 0.4) is 0 Å². The molecule has 8 heteroatoms. The molecule has 3 rings (SSSR count). The van der Waals surface area contributed by atoms with E-state index >= 15 is 0 Å². The van der Waals surface area contributed by atoms with Crippen molar-refractivity contribution in [1.29, 1.82) is 0 Å². The lowest BCUT2D eigenvalue weighted by Crippen LogP contribution is -2.12. The molecule has 26 heavy (non-hydrogen) atoms. The summed E-state index contributed by atoms with van der Waals surface area (Å²) in [6, 6.07) is 9.89. The molecule has 0 fully saturated rings. The summed E-state index contributed by atoms with van der Waals surface area (Å²) in [4.78, 5) is 28.8. The van der Waals surface area contributed by atoms with Crippen molar-refractivity contribution >= 4 is 61.8 Å². The number of nitrogens with one attached hydrogen (secondary N) is 1. The number of aromatic nitrogens is 1. The smallest absolute Gasteiger partial charge is 0.338 e. The number of thiazole rings is 1. The Morgan fingerprint density at radius 2 is 1.96 bits per heavy atom. The first-order valence-corrected chi connectivity index (χ1v) is 9.29. The first-order valence-electron chi connectivity index (χ1n) is 7.72. The Kier molecular flexibility index (Phi) is 5.46. The molecule has 0 bridgehead atoms. The average Bonchev–Trinajstić information content (AvgIpc) is 2.97. The van der Waals surface area contributed by atoms with Gasteiger partial charge in [-0.2, -0.15) is 0 Å². The minimum atomic E-state index is -0.406. The van der Waals surface area contributed by atoms with Gasteiger partial charge in [-0.15, -0.1) is 0 Å². The Balaban J connectivity index is 1.84. The van der Waals surface area contributed by atoms with Crippen molar-refractivity contribution in [3.05, 3.63) is 57.6 Å². The molecule has 0 aliphatic heterocycles. The van der Waals surface area contributed by atoms with Crippen molar-refractivity contribution < 1.29 is 14.3 Å². The number of amides is 1. The number of rotatable bonds is 4. The van der Waals surface area contributed by atoms with Gasteiger partial charge in [-0.25, -0.2) is 9.78 Å². The molecule has 3 aromatic rings. The van der Waals surface area contributed by atoms with Crippen molar-refractivity contribution in [2.75, 3.05) is 5.32 Å². The normalized spacial score (nSPS) is 11.0. The van der Waals surface area contributed by atoms with Crippen molar-refractivity contribution in [3.8, 4) is 0 Å². The number of esters is 1. The maximum Gasteiger partial charge on any atom is 0.338 e. The number of ether oxygens (including phenoxy) is 1. The van der Waals surface area contributed by atoms with E-state index in [1.54, 1.807) is 50.2 Å². The quantitative estimate of drug-likeness (QED) is 0.585. The zero-order valence-electron chi connectivity index (χ0n) is 13.9. The van der Waals surface area contributed by atoms with Crippen LogP contribution in [0, 0.1) is 0 Å². The summed E-state index contributed by atoms with van der Waals surface area (Å²) < 4.78 is 5.95. The van der Waals surface area contributed by atoms with Gasteiger partial charge in [-0.3, -0.25) is 10.1 Å². The van der Waals surface area contributed by atoms with Crippen molar-refractivity contribution in [3.63, 3.8) is 0 Å². The monoisotopic (exact) mass is 408 g/mol. The van der Waals surface area contributed by atoms with Crippen LogP contribution in [0.25, 0.3) is 10.2 Å². The van der Waals surface area contributed by atoms with Crippen LogP contribution < -0.4 is 5.32 Å². The van der Waals surface area contributed by atoms with Gasteiger partial charge in [0, 0.05) is 0 Å². The highest BCUT2D eigenvalue weighted by atomic mass is 35.5. The number of carbonyl (C=O) groups is 2.